The number of carboxylic acids is 1. The van der Waals surface area contributed by atoms with E-state index in [2.05, 4.69) is 39.8 Å². The fourth-order valence-corrected chi connectivity index (χ4v) is 4.56. The highest BCUT2D eigenvalue weighted by atomic mass is 32.1. The van der Waals surface area contributed by atoms with E-state index < -0.39 is 12.0 Å². The summed E-state index contributed by atoms with van der Waals surface area (Å²) in [4.78, 5) is 44.6. The molecule has 0 fully saturated rings. The van der Waals surface area contributed by atoms with Crippen LogP contribution < -0.4 is 16.0 Å². The highest BCUT2D eigenvalue weighted by Gasteiger charge is 2.20. The summed E-state index contributed by atoms with van der Waals surface area (Å²) in [5.74, 6) is -0.199. The number of nitrogens with zero attached hydrogens (tertiary/aromatic N) is 2. The van der Waals surface area contributed by atoms with E-state index in [0.29, 0.717) is 23.8 Å². The molecule has 3 amide bonds. The number of hydrogen-bond acceptors (Lipinski definition) is 6. The number of carbonyl (C=O) groups is 3. The summed E-state index contributed by atoms with van der Waals surface area (Å²) in [5.41, 5.74) is 3.02. The van der Waals surface area contributed by atoms with Crippen molar-refractivity contribution >= 4 is 40.7 Å². The maximum Gasteiger partial charge on any atom is 0.324 e. The van der Waals surface area contributed by atoms with Gasteiger partial charge in [-0.25, -0.2) is 14.8 Å². The van der Waals surface area contributed by atoms with E-state index >= 15 is 0 Å². The number of hydrogen-bond donors (Lipinski definition) is 4. The molecule has 1 aromatic carbocycles. The molecule has 0 saturated carbocycles. The minimum absolute atomic E-state index is 0.0272. The van der Waals surface area contributed by atoms with Gasteiger partial charge in [0.05, 0.1) is 24.6 Å². The van der Waals surface area contributed by atoms with Crippen molar-refractivity contribution in [2.24, 2.45) is 5.92 Å². The van der Waals surface area contributed by atoms with Crippen molar-refractivity contribution < 1.29 is 19.5 Å². The van der Waals surface area contributed by atoms with Crippen molar-refractivity contribution in [3.63, 3.8) is 0 Å². The van der Waals surface area contributed by atoms with Crippen LogP contribution in [0.25, 0.3) is 0 Å². The topological polar surface area (TPSA) is 133 Å². The van der Waals surface area contributed by atoms with Gasteiger partial charge in [-0.05, 0) is 48.6 Å². The third kappa shape index (κ3) is 8.46. The Hall–Kier alpha value is -3.79. The van der Waals surface area contributed by atoms with Crippen LogP contribution in [-0.4, -0.2) is 33.0 Å². The molecule has 0 aliphatic heterocycles. The highest BCUT2D eigenvalue weighted by Crippen LogP contribution is 2.25. The van der Waals surface area contributed by atoms with Crippen LogP contribution in [0.1, 0.15) is 54.6 Å². The highest BCUT2D eigenvalue weighted by molar-refractivity contribution is 7.09. The second-order valence-electron chi connectivity index (χ2n) is 8.94. The number of thiazole rings is 1. The summed E-state index contributed by atoms with van der Waals surface area (Å²) in [6, 6.07) is 10.1. The van der Waals surface area contributed by atoms with Crippen LogP contribution in [0.4, 0.5) is 16.3 Å². The van der Waals surface area contributed by atoms with Crippen LogP contribution >= 0.6 is 11.3 Å². The van der Waals surface area contributed by atoms with Gasteiger partial charge in [0, 0.05) is 23.7 Å². The first-order valence-electron chi connectivity index (χ1n) is 11.7. The number of rotatable bonds is 11. The minimum Gasteiger partial charge on any atom is -0.481 e. The summed E-state index contributed by atoms with van der Waals surface area (Å²) in [7, 11) is 0. The lowest BCUT2D eigenvalue weighted by atomic mass is 10.0. The number of carboxylic acid groups (broad SMARTS) is 1. The van der Waals surface area contributed by atoms with E-state index in [-0.39, 0.29) is 24.8 Å². The number of benzene rings is 1. The molecule has 2 heterocycles. The van der Waals surface area contributed by atoms with Gasteiger partial charge in [0.15, 0.2) is 0 Å². The molecular formula is C26H31N5O4S. The number of anilines is 2. The fraction of sp³-hybridized carbons (Fsp3) is 0.346. The molecule has 0 saturated heterocycles. The third-order valence-electron chi connectivity index (χ3n) is 5.32. The average molecular weight is 510 g/mol. The van der Waals surface area contributed by atoms with Crippen molar-refractivity contribution in [1.82, 2.24) is 15.3 Å². The number of aromatic nitrogens is 2. The molecule has 0 aliphatic rings. The molecule has 1 atom stereocenters. The minimum atomic E-state index is -0.859. The molecule has 0 spiro atoms. The summed E-state index contributed by atoms with van der Waals surface area (Å²) < 4.78 is 0. The molecule has 0 radical (unpaired) electrons. The Morgan fingerprint density at radius 3 is 2.58 bits per heavy atom. The average Bonchev–Trinajstić information content (AvgIpc) is 3.28. The van der Waals surface area contributed by atoms with E-state index in [4.69, 9.17) is 5.11 Å². The first-order chi connectivity index (χ1) is 17.2. The Kier molecular flexibility index (Phi) is 9.52. The lowest BCUT2D eigenvalue weighted by Crippen LogP contribution is -2.30. The predicted octanol–water partition coefficient (Wildman–Crippen LogP) is 4.95. The molecule has 0 bridgehead atoms. The van der Waals surface area contributed by atoms with E-state index in [1.54, 1.807) is 30.5 Å². The van der Waals surface area contributed by atoms with E-state index in [1.807, 2.05) is 24.4 Å². The van der Waals surface area contributed by atoms with Crippen LogP contribution in [0.2, 0.25) is 0 Å². The lowest BCUT2D eigenvalue weighted by Gasteiger charge is -2.19. The zero-order valence-electron chi connectivity index (χ0n) is 20.6. The fourth-order valence-electron chi connectivity index (χ4n) is 3.64. The van der Waals surface area contributed by atoms with Gasteiger partial charge in [0.1, 0.15) is 10.8 Å². The molecule has 4 N–H and O–H groups in total. The van der Waals surface area contributed by atoms with Crippen molar-refractivity contribution in [1.29, 1.82) is 0 Å². The van der Waals surface area contributed by atoms with Crippen LogP contribution in [0.15, 0.2) is 48.0 Å². The number of aryl methyl sites for hydroxylation is 2. The Labute approximate surface area is 214 Å². The Morgan fingerprint density at radius 2 is 1.92 bits per heavy atom. The molecule has 9 nitrogen and oxygen atoms in total. The first kappa shape index (κ1) is 26.8. The van der Waals surface area contributed by atoms with Crippen LogP contribution in [-0.2, 0) is 22.4 Å². The van der Waals surface area contributed by atoms with Crippen molar-refractivity contribution in [3.8, 4) is 0 Å². The van der Waals surface area contributed by atoms with Crippen molar-refractivity contribution in [2.45, 2.75) is 52.5 Å². The number of nitrogens with one attached hydrogen (secondary N) is 3. The largest absolute Gasteiger partial charge is 0.481 e. The molecule has 190 valence electrons. The van der Waals surface area contributed by atoms with Gasteiger partial charge in [-0.2, -0.15) is 0 Å². The van der Waals surface area contributed by atoms with Gasteiger partial charge in [-0.1, -0.05) is 32.0 Å². The predicted molar refractivity (Wildman–Crippen MR) is 140 cm³/mol. The molecule has 10 heteroatoms. The van der Waals surface area contributed by atoms with Gasteiger partial charge in [0.2, 0.25) is 5.91 Å². The van der Waals surface area contributed by atoms with E-state index in [9.17, 15) is 14.4 Å². The second kappa shape index (κ2) is 12.8. The van der Waals surface area contributed by atoms with Crippen LogP contribution in [0.3, 0.4) is 0 Å². The Morgan fingerprint density at radius 1 is 1.11 bits per heavy atom. The van der Waals surface area contributed by atoms with Gasteiger partial charge < -0.3 is 15.7 Å². The summed E-state index contributed by atoms with van der Waals surface area (Å²) in [6.07, 6.45) is 2.91. The normalized spacial score (nSPS) is 11.7. The SMILES string of the molecule is Cc1cc(CC(=O)NC(CC(C)C)c2nc(CCC(=O)O)cs2)ccc1NC(=O)Nc1ccccn1. The summed E-state index contributed by atoms with van der Waals surface area (Å²) in [6.45, 7) is 6.03. The summed E-state index contributed by atoms with van der Waals surface area (Å²) >= 11 is 1.44. The molecule has 3 aromatic rings. The number of aliphatic carboxylic acids is 1. The molecular weight excluding hydrogens is 478 g/mol. The van der Waals surface area contributed by atoms with Crippen LogP contribution in [0.5, 0.6) is 0 Å². The van der Waals surface area contributed by atoms with E-state index in [1.165, 1.54) is 11.3 Å². The van der Waals surface area contributed by atoms with Gasteiger partial charge in [0.25, 0.3) is 0 Å². The molecule has 36 heavy (non-hydrogen) atoms. The first-order valence-corrected chi connectivity index (χ1v) is 12.6. The smallest absolute Gasteiger partial charge is 0.324 e. The molecule has 0 aliphatic carbocycles. The Balaban J connectivity index is 1.60. The number of pyridine rings is 1. The molecule has 3 rings (SSSR count). The Bertz CT molecular complexity index is 1200. The van der Waals surface area contributed by atoms with Gasteiger partial charge >= 0.3 is 12.0 Å². The number of carbonyl (C=O) groups excluding carboxylic acids is 2. The molecule has 1 unspecified atom stereocenters. The number of urea groups is 1. The standard InChI is InChI=1S/C26H31N5O4S/c1-16(2)12-21(25-28-19(15-36-25)8-10-24(33)34)29-23(32)14-18-7-9-20(17(3)13-18)30-26(35)31-22-6-4-5-11-27-22/h4-7,9,11,13,15-16,21H,8,10,12,14H2,1-3H3,(H,29,32)(H,33,34)(H2,27,30,31,35). The molecule has 2 aromatic heterocycles. The van der Waals surface area contributed by atoms with Gasteiger partial charge in [-0.15, -0.1) is 11.3 Å². The van der Waals surface area contributed by atoms with E-state index in [0.717, 1.165) is 28.2 Å². The van der Waals surface area contributed by atoms with Gasteiger partial charge in [-0.3, -0.25) is 14.9 Å². The zero-order chi connectivity index (χ0) is 26.1. The third-order valence-corrected chi connectivity index (χ3v) is 6.32. The zero-order valence-corrected chi connectivity index (χ0v) is 21.4. The number of amides is 3. The van der Waals surface area contributed by atoms with Crippen molar-refractivity contribution in [3.05, 3.63) is 69.8 Å². The van der Waals surface area contributed by atoms with Crippen LogP contribution in [0, 0.1) is 12.8 Å². The van der Waals surface area contributed by atoms with Crippen molar-refractivity contribution in [2.75, 3.05) is 10.6 Å². The maximum atomic E-state index is 12.9. The lowest BCUT2D eigenvalue weighted by molar-refractivity contribution is -0.137. The quantitative estimate of drug-likeness (QED) is 0.289. The second-order valence-corrected chi connectivity index (χ2v) is 9.83. The monoisotopic (exact) mass is 509 g/mol. The summed E-state index contributed by atoms with van der Waals surface area (Å²) in [5, 5.41) is 20.1. The maximum absolute atomic E-state index is 12.9.